The molecule has 0 spiro atoms. The number of imidazole rings is 1. The molecule has 1 aromatic heterocycles. The highest BCUT2D eigenvalue weighted by atomic mass is 16.5. The molecule has 0 saturated heterocycles. The normalized spacial score (nSPS) is 11.3. The van der Waals surface area contributed by atoms with E-state index in [1.807, 2.05) is 24.3 Å². The van der Waals surface area contributed by atoms with E-state index in [9.17, 15) is 4.79 Å². The van der Waals surface area contributed by atoms with Crippen LogP contribution in [0.1, 0.15) is 18.2 Å². The SMILES string of the molecule is CCc1ccc(N=Nc2nc[nH]c2/C=C/C(=O)OC)cc1. The van der Waals surface area contributed by atoms with Crippen molar-refractivity contribution in [2.24, 2.45) is 10.2 Å². The number of rotatable bonds is 5. The summed E-state index contributed by atoms with van der Waals surface area (Å²) in [5.41, 5.74) is 2.59. The van der Waals surface area contributed by atoms with E-state index in [4.69, 9.17) is 0 Å². The molecule has 21 heavy (non-hydrogen) atoms. The number of hydrogen-bond acceptors (Lipinski definition) is 5. The summed E-state index contributed by atoms with van der Waals surface area (Å²) in [6, 6.07) is 7.83. The van der Waals surface area contributed by atoms with E-state index in [2.05, 4.69) is 31.9 Å². The number of carbonyl (C=O) groups is 1. The van der Waals surface area contributed by atoms with Crippen LogP contribution in [0.15, 0.2) is 46.9 Å². The van der Waals surface area contributed by atoms with E-state index in [0.717, 1.165) is 12.1 Å². The van der Waals surface area contributed by atoms with Gasteiger partial charge in [0.15, 0.2) is 5.82 Å². The minimum atomic E-state index is -0.442. The highest BCUT2D eigenvalue weighted by molar-refractivity contribution is 5.87. The monoisotopic (exact) mass is 284 g/mol. The Morgan fingerprint density at radius 1 is 1.33 bits per heavy atom. The maximum atomic E-state index is 11.1. The number of benzene rings is 1. The third kappa shape index (κ3) is 4.10. The Labute approximate surface area is 122 Å². The van der Waals surface area contributed by atoms with Gasteiger partial charge in [-0.05, 0) is 30.2 Å². The maximum Gasteiger partial charge on any atom is 0.330 e. The molecule has 0 aliphatic carbocycles. The molecule has 1 aromatic carbocycles. The van der Waals surface area contributed by atoms with E-state index < -0.39 is 5.97 Å². The van der Waals surface area contributed by atoms with Crippen molar-refractivity contribution in [1.82, 2.24) is 9.97 Å². The van der Waals surface area contributed by atoms with Gasteiger partial charge >= 0.3 is 5.97 Å². The molecule has 6 nitrogen and oxygen atoms in total. The van der Waals surface area contributed by atoms with Crippen molar-refractivity contribution in [3.63, 3.8) is 0 Å². The lowest BCUT2D eigenvalue weighted by molar-refractivity contribution is -0.134. The highest BCUT2D eigenvalue weighted by Crippen LogP contribution is 2.20. The van der Waals surface area contributed by atoms with Crippen molar-refractivity contribution >= 4 is 23.6 Å². The van der Waals surface area contributed by atoms with E-state index in [-0.39, 0.29) is 0 Å². The van der Waals surface area contributed by atoms with Crippen molar-refractivity contribution < 1.29 is 9.53 Å². The molecule has 1 N–H and O–H groups in total. The average molecular weight is 284 g/mol. The summed E-state index contributed by atoms with van der Waals surface area (Å²) in [5, 5.41) is 8.20. The van der Waals surface area contributed by atoms with Crippen LogP contribution >= 0.6 is 0 Å². The molecule has 6 heteroatoms. The zero-order chi connectivity index (χ0) is 15.1. The summed E-state index contributed by atoms with van der Waals surface area (Å²) in [7, 11) is 1.32. The van der Waals surface area contributed by atoms with Crippen molar-refractivity contribution in [2.45, 2.75) is 13.3 Å². The van der Waals surface area contributed by atoms with Gasteiger partial charge in [0, 0.05) is 6.08 Å². The van der Waals surface area contributed by atoms with Gasteiger partial charge in [-0.3, -0.25) is 0 Å². The van der Waals surface area contributed by atoms with Crippen LogP contribution in [0.3, 0.4) is 0 Å². The zero-order valence-corrected chi connectivity index (χ0v) is 11.9. The molecule has 0 unspecified atom stereocenters. The van der Waals surface area contributed by atoms with Crippen molar-refractivity contribution in [3.8, 4) is 0 Å². The number of carbonyl (C=O) groups excluding carboxylic acids is 1. The highest BCUT2D eigenvalue weighted by Gasteiger charge is 2.02. The minimum Gasteiger partial charge on any atom is -0.466 e. The van der Waals surface area contributed by atoms with Gasteiger partial charge in [0.2, 0.25) is 0 Å². The number of hydrogen-bond donors (Lipinski definition) is 1. The van der Waals surface area contributed by atoms with Crippen LogP contribution in [-0.4, -0.2) is 23.0 Å². The quantitative estimate of drug-likeness (QED) is 0.517. The molecule has 0 bridgehead atoms. The smallest absolute Gasteiger partial charge is 0.330 e. The van der Waals surface area contributed by atoms with Crippen LogP contribution in [-0.2, 0) is 16.0 Å². The third-order valence-corrected chi connectivity index (χ3v) is 2.84. The second kappa shape index (κ2) is 7.14. The molecular weight excluding hydrogens is 268 g/mol. The summed E-state index contributed by atoms with van der Waals surface area (Å²) in [4.78, 5) is 18.0. The first-order valence-electron chi connectivity index (χ1n) is 6.53. The Morgan fingerprint density at radius 2 is 2.10 bits per heavy atom. The molecule has 1 heterocycles. The van der Waals surface area contributed by atoms with Crippen LogP contribution in [0.5, 0.6) is 0 Å². The molecule has 2 aromatic rings. The summed E-state index contributed by atoms with van der Waals surface area (Å²) in [6.45, 7) is 2.10. The number of methoxy groups -OCH3 is 1. The molecule has 0 aliphatic rings. The molecule has 0 radical (unpaired) electrons. The lowest BCUT2D eigenvalue weighted by Gasteiger charge is -1.96. The molecule has 0 saturated carbocycles. The topological polar surface area (TPSA) is 79.7 Å². The number of H-pyrrole nitrogens is 1. The fourth-order valence-corrected chi connectivity index (χ4v) is 1.62. The van der Waals surface area contributed by atoms with Gasteiger partial charge in [0.05, 0.1) is 24.8 Å². The van der Waals surface area contributed by atoms with Gasteiger partial charge in [-0.1, -0.05) is 19.1 Å². The minimum absolute atomic E-state index is 0.412. The van der Waals surface area contributed by atoms with Gasteiger partial charge in [0.1, 0.15) is 0 Å². The maximum absolute atomic E-state index is 11.1. The number of aromatic nitrogens is 2. The molecular formula is C15H16N4O2. The van der Waals surface area contributed by atoms with E-state index in [1.54, 1.807) is 6.08 Å². The van der Waals surface area contributed by atoms with Crippen LogP contribution in [0.2, 0.25) is 0 Å². The van der Waals surface area contributed by atoms with Gasteiger partial charge in [-0.2, -0.15) is 0 Å². The number of ether oxygens (including phenoxy) is 1. The van der Waals surface area contributed by atoms with Crippen molar-refractivity contribution in [3.05, 3.63) is 47.9 Å². The predicted octanol–water partition coefficient (Wildman–Crippen LogP) is 3.57. The molecule has 0 fully saturated rings. The predicted molar refractivity (Wildman–Crippen MR) is 79.6 cm³/mol. The second-order valence-electron chi connectivity index (χ2n) is 4.22. The van der Waals surface area contributed by atoms with Crippen LogP contribution < -0.4 is 0 Å². The Bertz CT molecular complexity index is 657. The molecule has 0 amide bonds. The van der Waals surface area contributed by atoms with Crippen LogP contribution in [0.25, 0.3) is 6.08 Å². The number of nitrogens with one attached hydrogen (secondary N) is 1. The summed E-state index contributed by atoms with van der Waals surface area (Å²) >= 11 is 0. The van der Waals surface area contributed by atoms with Gasteiger partial charge in [-0.15, -0.1) is 10.2 Å². The fourth-order valence-electron chi connectivity index (χ4n) is 1.62. The van der Waals surface area contributed by atoms with Crippen LogP contribution in [0, 0.1) is 0 Å². The number of nitrogens with zero attached hydrogens (tertiary/aromatic N) is 3. The summed E-state index contributed by atoms with van der Waals surface area (Å²) < 4.78 is 4.53. The van der Waals surface area contributed by atoms with Crippen LogP contribution in [0.4, 0.5) is 11.5 Å². The molecule has 0 atom stereocenters. The van der Waals surface area contributed by atoms with Crippen molar-refractivity contribution in [2.75, 3.05) is 7.11 Å². The lowest BCUT2D eigenvalue weighted by Crippen LogP contribution is -1.93. The Morgan fingerprint density at radius 3 is 2.76 bits per heavy atom. The number of aromatic amines is 1. The summed E-state index contributed by atoms with van der Waals surface area (Å²) in [6.07, 6.45) is 5.32. The second-order valence-corrected chi connectivity index (χ2v) is 4.22. The first-order valence-corrected chi connectivity index (χ1v) is 6.53. The zero-order valence-electron chi connectivity index (χ0n) is 11.9. The van der Waals surface area contributed by atoms with E-state index >= 15 is 0 Å². The molecule has 108 valence electrons. The number of esters is 1. The summed E-state index contributed by atoms with van der Waals surface area (Å²) in [5.74, 6) is -0.0302. The van der Waals surface area contributed by atoms with Crippen molar-refractivity contribution in [1.29, 1.82) is 0 Å². The molecule has 2 rings (SSSR count). The Balaban J connectivity index is 2.12. The molecule has 0 aliphatic heterocycles. The average Bonchev–Trinajstić information content (AvgIpc) is 2.98. The first-order chi connectivity index (χ1) is 10.2. The van der Waals surface area contributed by atoms with Gasteiger partial charge < -0.3 is 9.72 Å². The largest absolute Gasteiger partial charge is 0.466 e. The lowest BCUT2D eigenvalue weighted by atomic mass is 10.2. The van der Waals surface area contributed by atoms with E-state index in [1.165, 1.54) is 25.1 Å². The number of azo groups is 1. The van der Waals surface area contributed by atoms with E-state index in [0.29, 0.717) is 11.5 Å². The third-order valence-electron chi connectivity index (χ3n) is 2.84. The fraction of sp³-hybridized carbons (Fsp3) is 0.200. The first kappa shape index (κ1) is 14.6. The Kier molecular flexibility index (Phi) is 4.98. The van der Waals surface area contributed by atoms with Gasteiger partial charge in [0.25, 0.3) is 0 Å². The number of aryl methyl sites for hydroxylation is 1. The Hall–Kier alpha value is -2.76. The standard InChI is InChI=1S/C15H16N4O2/c1-3-11-4-6-12(7-5-11)18-19-15-13(16-10-17-15)8-9-14(20)21-2/h4-10H,3H2,1-2H3,(H,16,17)/b9-8+,19-18?. The van der Waals surface area contributed by atoms with Gasteiger partial charge in [-0.25, -0.2) is 9.78 Å².